The monoisotopic (exact) mass is 420 g/mol. The van der Waals surface area contributed by atoms with Gasteiger partial charge < -0.3 is 15.0 Å². The number of hydrogen-bond acceptors (Lipinski definition) is 7. The van der Waals surface area contributed by atoms with Crippen molar-refractivity contribution < 1.29 is 9.53 Å². The Morgan fingerprint density at radius 1 is 1.36 bits per heavy atom. The summed E-state index contributed by atoms with van der Waals surface area (Å²) in [5.41, 5.74) is 0.861. The number of aromatic nitrogens is 2. The minimum absolute atomic E-state index is 0.163. The maximum absolute atomic E-state index is 12.9. The standard InChI is InChI=1S/C20H28N4O2S2/c1-4-15-10-8-9-13-24(15)18(25)14(3)27-20-23-22-19(28-20)21-16-11-6-7-12-17(16)26-5-2/h6-7,11-12,14-15H,4-5,8-10,13H2,1-3H3,(H,21,22). The molecule has 1 amide bonds. The average molecular weight is 421 g/mol. The molecule has 2 heterocycles. The van der Waals surface area contributed by atoms with Crippen LogP contribution in [0.3, 0.4) is 0 Å². The highest BCUT2D eigenvalue weighted by atomic mass is 32.2. The minimum Gasteiger partial charge on any atom is -0.492 e. The van der Waals surface area contributed by atoms with Crippen molar-refractivity contribution in [3.05, 3.63) is 24.3 Å². The van der Waals surface area contributed by atoms with Gasteiger partial charge in [0.05, 0.1) is 17.5 Å². The van der Waals surface area contributed by atoms with Crippen molar-refractivity contribution in [1.82, 2.24) is 15.1 Å². The molecule has 2 unspecified atom stereocenters. The zero-order valence-electron chi connectivity index (χ0n) is 16.7. The fourth-order valence-corrected chi connectivity index (χ4v) is 5.40. The van der Waals surface area contributed by atoms with E-state index in [1.165, 1.54) is 29.5 Å². The lowest BCUT2D eigenvalue weighted by molar-refractivity contribution is -0.134. The fraction of sp³-hybridized carbons (Fsp3) is 0.550. The van der Waals surface area contributed by atoms with Gasteiger partial charge in [0.2, 0.25) is 11.0 Å². The van der Waals surface area contributed by atoms with E-state index in [0.717, 1.165) is 41.6 Å². The lowest BCUT2D eigenvalue weighted by Crippen LogP contribution is -2.46. The van der Waals surface area contributed by atoms with Gasteiger partial charge in [-0.3, -0.25) is 4.79 Å². The summed E-state index contributed by atoms with van der Waals surface area (Å²) >= 11 is 2.94. The predicted octanol–water partition coefficient (Wildman–Crippen LogP) is 4.95. The molecule has 8 heteroatoms. The fourth-order valence-electron chi connectivity index (χ4n) is 3.42. The Morgan fingerprint density at radius 2 is 2.18 bits per heavy atom. The zero-order valence-corrected chi connectivity index (χ0v) is 18.3. The van der Waals surface area contributed by atoms with Crippen LogP contribution in [0.15, 0.2) is 28.6 Å². The number of likely N-dealkylation sites (tertiary alicyclic amines) is 1. The van der Waals surface area contributed by atoms with E-state index in [1.807, 2.05) is 38.1 Å². The smallest absolute Gasteiger partial charge is 0.236 e. The molecule has 0 aliphatic carbocycles. The van der Waals surface area contributed by atoms with Gasteiger partial charge in [0.25, 0.3) is 0 Å². The molecule has 152 valence electrons. The molecule has 1 N–H and O–H groups in total. The zero-order chi connectivity index (χ0) is 19.9. The number of carbonyl (C=O) groups excluding carboxylic acids is 1. The number of nitrogens with zero attached hydrogens (tertiary/aromatic N) is 3. The normalized spacial score (nSPS) is 18.0. The van der Waals surface area contributed by atoms with Gasteiger partial charge in [-0.25, -0.2) is 0 Å². The Hall–Kier alpha value is -1.80. The molecule has 0 radical (unpaired) electrons. The molecule has 1 aliphatic rings. The second-order valence-corrected chi connectivity index (χ2v) is 9.34. The Labute approximate surface area is 175 Å². The van der Waals surface area contributed by atoms with Gasteiger partial charge in [0.1, 0.15) is 5.75 Å². The van der Waals surface area contributed by atoms with Gasteiger partial charge in [0.15, 0.2) is 4.34 Å². The first kappa shape index (κ1) is 20.9. The molecule has 2 aromatic rings. The Bertz CT molecular complexity index is 783. The highest BCUT2D eigenvalue weighted by Gasteiger charge is 2.29. The number of benzene rings is 1. The van der Waals surface area contributed by atoms with E-state index in [2.05, 4.69) is 27.3 Å². The Kier molecular flexibility index (Phi) is 7.56. The summed E-state index contributed by atoms with van der Waals surface area (Å²) in [6.45, 7) is 7.56. The second kappa shape index (κ2) is 10.1. The minimum atomic E-state index is -0.163. The predicted molar refractivity (Wildman–Crippen MR) is 116 cm³/mol. The van der Waals surface area contributed by atoms with Crippen LogP contribution in [0.5, 0.6) is 5.75 Å². The Balaban J connectivity index is 1.62. The van der Waals surface area contributed by atoms with E-state index in [-0.39, 0.29) is 11.2 Å². The molecule has 3 rings (SSSR count). The number of thioether (sulfide) groups is 1. The molecule has 6 nitrogen and oxygen atoms in total. The van der Waals surface area contributed by atoms with Crippen LogP contribution >= 0.6 is 23.1 Å². The number of ether oxygens (including phenoxy) is 1. The largest absolute Gasteiger partial charge is 0.492 e. The number of carbonyl (C=O) groups is 1. The van der Waals surface area contributed by atoms with Crippen molar-refractivity contribution in [3.8, 4) is 5.75 Å². The summed E-state index contributed by atoms with van der Waals surface area (Å²) in [4.78, 5) is 15.0. The number of para-hydroxylation sites is 2. The van der Waals surface area contributed by atoms with Crippen LogP contribution < -0.4 is 10.1 Å². The topological polar surface area (TPSA) is 67.3 Å². The number of amides is 1. The van der Waals surface area contributed by atoms with Gasteiger partial charge in [-0.15, -0.1) is 10.2 Å². The third kappa shape index (κ3) is 5.17. The summed E-state index contributed by atoms with van der Waals surface area (Å²) in [6.07, 6.45) is 4.46. The molecule has 1 aromatic carbocycles. The van der Waals surface area contributed by atoms with Crippen molar-refractivity contribution in [2.75, 3.05) is 18.5 Å². The van der Waals surface area contributed by atoms with Crippen LogP contribution in [0.25, 0.3) is 0 Å². The van der Waals surface area contributed by atoms with E-state index < -0.39 is 0 Å². The van der Waals surface area contributed by atoms with E-state index in [4.69, 9.17) is 4.74 Å². The summed E-state index contributed by atoms with van der Waals surface area (Å²) in [5, 5.41) is 12.3. The first-order valence-corrected chi connectivity index (χ1v) is 11.6. The third-order valence-electron chi connectivity index (χ3n) is 4.84. The molecule has 0 spiro atoms. The highest BCUT2D eigenvalue weighted by molar-refractivity contribution is 8.02. The van der Waals surface area contributed by atoms with Gasteiger partial charge in [-0.1, -0.05) is 42.2 Å². The second-order valence-electron chi connectivity index (χ2n) is 6.78. The van der Waals surface area contributed by atoms with Crippen molar-refractivity contribution in [2.45, 2.75) is 62.1 Å². The van der Waals surface area contributed by atoms with Crippen LogP contribution in [0.1, 0.15) is 46.5 Å². The summed E-state index contributed by atoms with van der Waals surface area (Å²) < 4.78 is 6.43. The van der Waals surface area contributed by atoms with Gasteiger partial charge >= 0.3 is 0 Å². The van der Waals surface area contributed by atoms with E-state index in [9.17, 15) is 4.79 Å². The Morgan fingerprint density at radius 3 is 2.96 bits per heavy atom. The molecule has 0 saturated carbocycles. The SMILES string of the molecule is CCOc1ccccc1Nc1nnc(SC(C)C(=O)N2CCCCC2CC)s1. The van der Waals surface area contributed by atoms with Crippen molar-refractivity contribution in [3.63, 3.8) is 0 Å². The van der Waals surface area contributed by atoms with E-state index in [1.54, 1.807) is 0 Å². The molecule has 0 bridgehead atoms. The molecule has 2 atom stereocenters. The lowest BCUT2D eigenvalue weighted by atomic mass is 10.00. The number of rotatable bonds is 8. The van der Waals surface area contributed by atoms with Crippen molar-refractivity contribution >= 4 is 39.8 Å². The quantitative estimate of drug-likeness (QED) is 0.609. The summed E-state index contributed by atoms with van der Waals surface area (Å²) in [5.74, 6) is 0.997. The lowest BCUT2D eigenvalue weighted by Gasteiger charge is -2.36. The van der Waals surface area contributed by atoms with Gasteiger partial charge in [0, 0.05) is 12.6 Å². The molecular weight excluding hydrogens is 392 g/mol. The van der Waals surface area contributed by atoms with Crippen LogP contribution in [-0.2, 0) is 4.79 Å². The molecule has 28 heavy (non-hydrogen) atoms. The maximum Gasteiger partial charge on any atom is 0.236 e. The molecule has 1 fully saturated rings. The van der Waals surface area contributed by atoms with Crippen LogP contribution in [-0.4, -0.2) is 45.4 Å². The van der Waals surface area contributed by atoms with Crippen molar-refractivity contribution in [2.24, 2.45) is 0 Å². The first-order valence-electron chi connectivity index (χ1n) is 9.91. The van der Waals surface area contributed by atoms with Crippen LogP contribution in [0, 0.1) is 0 Å². The molecule has 1 aromatic heterocycles. The molecule has 1 aliphatic heterocycles. The first-order chi connectivity index (χ1) is 13.6. The maximum atomic E-state index is 12.9. The number of hydrogen-bond donors (Lipinski definition) is 1. The van der Waals surface area contributed by atoms with Crippen LogP contribution in [0.4, 0.5) is 10.8 Å². The van der Waals surface area contributed by atoms with Gasteiger partial charge in [-0.05, 0) is 51.7 Å². The highest BCUT2D eigenvalue weighted by Crippen LogP contribution is 2.34. The molecular formula is C20H28N4O2S2. The summed E-state index contributed by atoms with van der Waals surface area (Å²) in [7, 11) is 0. The number of piperidine rings is 1. The molecule has 1 saturated heterocycles. The average Bonchev–Trinajstić information content (AvgIpc) is 3.15. The van der Waals surface area contributed by atoms with Crippen molar-refractivity contribution in [1.29, 1.82) is 0 Å². The number of nitrogens with one attached hydrogen (secondary N) is 1. The number of anilines is 2. The van der Waals surface area contributed by atoms with Gasteiger partial charge in [-0.2, -0.15) is 0 Å². The van der Waals surface area contributed by atoms with E-state index in [0.29, 0.717) is 17.8 Å². The third-order valence-corrected chi connectivity index (χ3v) is 6.85. The summed E-state index contributed by atoms with van der Waals surface area (Å²) in [6, 6.07) is 8.14. The van der Waals surface area contributed by atoms with Crippen LogP contribution in [0.2, 0.25) is 0 Å². The van der Waals surface area contributed by atoms with E-state index >= 15 is 0 Å².